The van der Waals surface area contributed by atoms with Gasteiger partial charge in [-0.2, -0.15) is 0 Å². The zero-order valence-corrected chi connectivity index (χ0v) is 14.8. The van der Waals surface area contributed by atoms with Crippen molar-refractivity contribution in [2.24, 2.45) is 0 Å². The van der Waals surface area contributed by atoms with Gasteiger partial charge in [-0.3, -0.25) is 9.59 Å². The molecule has 0 N–H and O–H groups in total. The van der Waals surface area contributed by atoms with Crippen LogP contribution in [0.5, 0.6) is 5.75 Å². The van der Waals surface area contributed by atoms with Crippen molar-refractivity contribution in [3.8, 4) is 5.75 Å². The van der Waals surface area contributed by atoms with E-state index in [1.54, 1.807) is 31.1 Å². The molecule has 1 aliphatic heterocycles. The van der Waals surface area contributed by atoms with E-state index in [1.165, 1.54) is 10.5 Å². The number of fused-ring (bicyclic) bond motifs is 1. The lowest BCUT2D eigenvalue weighted by Gasteiger charge is -2.18. The van der Waals surface area contributed by atoms with Crippen LogP contribution in [0.3, 0.4) is 0 Å². The van der Waals surface area contributed by atoms with Crippen LogP contribution in [-0.4, -0.2) is 44.0 Å². The molecule has 5 nitrogen and oxygen atoms in total. The highest BCUT2D eigenvalue weighted by molar-refractivity contribution is 5.96. The first-order valence-electron chi connectivity index (χ1n) is 8.31. The van der Waals surface area contributed by atoms with Crippen molar-refractivity contribution < 1.29 is 14.3 Å². The Hall–Kier alpha value is -2.82. The Morgan fingerprint density at radius 2 is 1.92 bits per heavy atom. The quantitative estimate of drug-likeness (QED) is 0.861. The lowest BCUT2D eigenvalue weighted by Crippen LogP contribution is -2.33. The summed E-state index contributed by atoms with van der Waals surface area (Å²) >= 11 is 0. The summed E-state index contributed by atoms with van der Waals surface area (Å²) in [5.41, 5.74) is 3.59. The van der Waals surface area contributed by atoms with Crippen LogP contribution in [0, 0.1) is 6.92 Å². The van der Waals surface area contributed by atoms with Gasteiger partial charge in [-0.15, -0.1) is 0 Å². The molecule has 25 heavy (non-hydrogen) atoms. The van der Waals surface area contributed by atoms with Crippen molar-refractivity contribution in [3.63, 3.8) is 0 Å². The van der Waals surface area contributed by atoms with Gasteiger partial charge in [0.25, 0.3) is 11.8 Å². The number of ether oxygens (including phenoxy) is 1. The van der Waals surface area contributed by atoms with Crippen molar-refractivity contribution in [3.05, 3.63) is 59.2 Å². The number of carbonyl (C=O) groups excluding carboxylic acids is 2. The molecule has 1 heterocycles. The number of benzene rings is 2. The summed E-state index contributed by atoms with van der Waals surface area (Å²) in [6, 6.07) is 13.2. The van der Waals surface area contributed by atoms with Crippen molar-refractivity contribution in [2.75, 3.05) is 32.1 Å². The van der Waals surface area contributed by atoms with E-state index in [-0.39, 0.29) is 18.4 Å². The second-order valence-corrected chi connectivity index (χ2v) is 6.39. The number of amides is 2. The standard InChI is InChI=1S/C20H22N2O3/c1-14-8-9-16(20(24)21(2)3)12-18(14)25-13-19(23)22-11-10-15-6-4-5-7-17(15)22/h4-9,12H,10-11,13H2,1-3H3. The molecule has 2 aromatic rings. The Bertz CT molecular complexity index is 814. The maximum Gasteiger partial charge on any atom is 0.264 e. The van der Waals surface area contributed by atoms with Crippen molar-refractivity contribution in [2.45, 2.75) is 13.3 Å². The fraction of sp³-hybridized carbons (Fsp3) is 0.300. The fourth-order valence-electron chi connectivity index (χ4n) is 2.96. The molecular weight excluding hydrogens is 316 g/mol. The van der Waals surface area contributed by atoms with Gasteiger partial charge in [-0.05, 0) is 42.7 Å². The minimum absolute atomic E-state index is 0.0468. The van der Waals surface area contributed by atoms with E-state index in [0.717, 1.165) is 17.7 Å². The van der Waals surface area contributed by atoms with Crippen LogP contribution in [0.1, 0.15) is 21.5 Å². The van der Waals surface area contributed by atoms with Crippen LogP contribution in [0.2, 0.25) is 0 Å². The van der Waals surface area contributed by atoms with Gasteiger partial charge < -0.3 is 14.5 Å². The minimum Gasteiger partial charge on any atom is -0.483 e. The molecule has 0 radical (unpaired) electrons. The second kappa shape index (κ2) is 6.97. The molecule has 0 aromatic heterocycles. The van der Waals surface area contributed by atoms with E-state index in [1.807, 2.05) is 37.3 Å². The van der Waals surface area contributed by atoms with Crippen LogP contribution in [-0.2, 0) is 11.2 Å². The Balaban J connectivity index is 1.71. The molecule has 0 aliphatic carbocycles. The van der Waals surface area contributed by atoms with Crippen molar-refractivity contribution >= 4 is 17.5 Å². The molecule has 2 amide bonds. The lowest BCUT2D eigenvalue weighted by atomic mass is 10.1. The predicted molar refractivity (Wildman–Crippen MR) is 97.2 cm³/mol. The maximum atomic E-state index is 12.5. The first-order chi connectivity index (χ1) is 12.0. The summed E-state index contributed by atoms with van der Waals surface area (Å²) < 4.78 is 5.73. The van der Waals surface area contributed by atoms with Crippen LogP contribution in [0.25, 0.3) is 0 Å². The average molecular weight is 338 g/mol. The zero-order chi connectivity index (χ0) is 18.0. The summed E-state index contributed by atoms with van der Waals surface area (Å²) in [5.74, 6) is 0.395. The zero-order valence-electron chi connectivity index (χ0n) is 14.8. The lowest BCUT2D eigenvalue weighted by molar-refractivity contribution is -0.120. The van der Waals surface area contributed by atoms with Gasteiger partial charge in [-0.25, -0.2) is 0 Å². The number of hydrogen-bond acceptors (Lipinski definition) is 3. The van der Waals surface area contributed by atoms with E-state index in [4.69, 9.17) is 4.74 Å². The van der Waals surface area contributed by atoms with E-state index >= 15 is 0 Å². The number of aryl methyl sites for hydroxylation is 1. The number of nitrogens with zero attached hydrogens (tertiary/aromatic N) is 2. The number of para-hydroxylation sites is 1. The average Bonchev–Trinajstić information content (AvgIpc) is 3.04. The highest BCUT2D eigenvalue weighted by atomic mass is 16.5. The third-order valence-corrected chi connectivity index (χ3v) is 4.38. The van der Waals surface area contributed by atoms with Crippen LogP contribution in [0.4, 0.5) is 5.69 Å². The van der Waals surface area contributed by atoms with E-state index in [9.17, 15) is 9.59 Å². The summed E-state index contributed by atoms with van der Waals surface area (Å²) in [7, 11) is 3.41. The molecular formula is C20H22N2O3. The molecule has 0 fully saturated rings. The normalized spacial score (nSPS) is 12.7. The fourth-order valence-corrected chi connectivity index (χ4v) is 2.96. The Labute approximate surface area is 147 Å². The van der Waals surface area contributed by atoms with Gasteiger partial charge in [0.2, 0.25) is 0 Å². The number of carbonyl (C=O) groups is 2. The van der Waals surface area contributed by atoms with Crippen molar-refractivity contribution in [1.29, 1.82) is 0 Å². The number of anilines is 1. The van der Waals surface area contributed by atoms with E-state index < -0.39 is 0 Å². The largest absolute Gasteiger partial charge is 0.483 e. The summed E-state index contributed by atoms with van der Waals surface area (Å²) in [5, 5.41) is 0. The molecule has 130 valence electrons. The molecule has 2 aromatic carbocycles. The first kappa shape index (κ1) is 17.0. The Morgan fingerprint density at radius 3 is 2.68 bits per heavy atom. The molecule has 0 spiro atoms. The van der Waals surface area contributed by atoms with Gasteiger partial charge in [-0.1, -0.05) is 24.3 Å². The Morgan fingerprint density at radius 1 is 1.16 bits per heavy atom. The molecule has 0 atom stereocenters. The molecule has 0 bridgehead atoms. The molecule has 1 aliphatic rings. The summed E-state index contributed by atoms with van der Waals surface area (Å²) in [6.07, 6.45) is 0.869. The minimum atomic E-state index is -0.0929. The molecule has 0 unspecified atom stereocenters. The Kier molecular flexibility index (Phi) is 4.74. The summed E-state index contributed by atoms with van der Waals surface area (Å²) in [6.45, 7) is 2.53. The molecule has 0 saturated heterocycles. The van der Waals surface area contributed by atoms with Gasteiger partial charge in [0.1, 0.15) is 5.75 Å². The maximum absolute atomic E-state index is 12.5. The smallest absolute Gasteiger partial charge is 0.264 e. The van der Waals surface area contributed by atoms with Crippen LogP contribution >= 0.6 is 0 Å². The topological polar surface area (TPSA) is 49.9 Å². The van der Waals surface area contributed by atoms with Crippen LogP contribution in [0.15, 0.2) is 42.5 Å². The van der Waals surface area contributed by atoms with E-state index in [2.05, 4.69) is 0 Å². The van der Waals surface area contributed by atoms with E-state index in [0.29, 0.717) is 17.9 Å². The van der Waals surface area contributed by atoms with Crippen molar-refractivity contribution in [1.82, 2.24) is 4.90 Å². The third-order valence-electron chi connectivity index (χ3n) is 4.38. The predicted octanol–water partition coefficient (Wildman–Crippen LogP) is 2.66. The first-order valence-corrected chi connectivity index (χ1v) is 8.31. The van der Waals surface area contributed by atoms with Gasteiger partial charge in [0.05, 0.1) is 0 Å². The number of hydrogen-bond donors (Lipinski definition) is 0. The molecule has 5 heteroatoms. The molecule has 0 saturated carbocycles. The van der Waals surface area contributed by atoms with Gasteiger partial charge >= 0.3 is 0 Å². The molecule has 3 rings (SSSR count). The van der Waals surface area contributed by atoms with Gasteiger partial charge in [0, 0.05) is 31.9 Å². The highest BCUT2D eigenvalue weighted by Crippen LogP contribution is 2.28. The van der Waals surface area contributed by atoms with Crippen LogP contribution < -0.4 is 9.64 Å². The third kappa shape index (κ3) is 3.50. The summed E-state index contributed by atoms with van der Waals surface area (Å²) in [4.78, 5) is 27.9. The monoisotopic (exact) mass is 338 g/mol. The van der Waals surface area contributed by atoms with Gasteiger partial charge in [0.15, 0.2) is 6.61 Å². The second-order valence-electron chi connectivity index (χ2n) is 6.39. The number of rotatable bonds is 4. The highest BCUT2D eigenvalue weighted by Gasteiger charge is 2.24. The SMILES string of the molecule is Cc1ccc(C(=O)N(C)C)cc1OCC(=O)N1CCc2ccccc21.